The van der Waals surface area contributed by atoms with Gasteiger partial charge in [0.25, 0.3) is 0 Å². The Balaban J connectivity index is 2.29. The van der Waals surface area contributed by atoms with E-state index in [4.69, 9.17) is 10.00 Å². The summed E-state index contributed by atoms with van der Waals surface area (Å²) in [5.74, 6) is 1.26. The van der Waals surface area contributed by atoms with Crippen LogP contribution < -0.4 is 0 Å². The number of rotatable bonds is 3. The van der Waals surface area contributed by atoms with Crippen molar-refractivity contribution in [1.82, 2.24) is 0 Å². The first-order valence-electron chi connectivity index (χ1n) is 7.19. The third kappa shape index (κ3) is 2.25. The predicted octanol–water partition coefficient (Wildman–Crippen LogP) is 3.44. The highest BCUT2D eigenvalue weighted by Crippen LogP contribution is 2.52. The van der Waals surface area contributed by atoms with E-state index in [-0.39, 0.29) is 17.5 Å². The summed E-state index contributed by atoms with van der Waals surface area (Å²) in [5.41, 5.74) is -0.363. The molecular weight excluding hydrogens is 226 g/mol. The molecule has 0 aromatic rings. The molecule has 2 fully saturated rings. The van der Waals surface area contributed by atoms with Gasteiger partial charge >= 0.3 is 5.97 Å². The molecule has 4 unspecified atom stereocenters. The maximum Gasteiger partial charge on any atom is 0.303 e. The third-order valence-corrected chi connectivity index (χ3v) is 5.01. The van der Waals surface area contributed by atoms with Crippen molar-refractivity contribution in [3.63, 3.8) is 0 Å². The fourth-order valence-electron chi connectivity index (χ4n) is 4.33. The van der Waals surface area contributed by atoms with E-state index in [9.17, 15) is 4.79 Å². The second kappa shape index (κ2) is 5.30. The number of carbonyl (C=O) groups excluding carboxylic acids is 1. The number of nitriles is 1. The molecule has 2 rings (SSSR count). The summed E-state index contributed by atoms with van der Waals surface area (Å²) in [6.07, 6.45) is 7.30. The fraction of sp³-hybridized carbons (Fsp3) is 0.867. The Labute approximate surface area is 110 Å². The topological polar surface area (TPSA) is 50.1 Å². The van der Waals surface area contributed by atoms with Crippen molar-refractivity contribution >= 4 is 5.97 Å². The molecule has 0 heterocycles. The largest absolute Gasteiger partial charge is 0.459 e. The molecule has 2 aliphatic rings. The molecule has 0 aromatic heterocycles. The van der Waals surface area contributed by atoms with E-state index in [1.54, 1.807) is 0 Å². The van der Waals surface area contributed by atoms with Crippen LogP contribution in [0.5, 0.6) is 0 Å². The normalized spacial score (nSPS) is 38.8. The molecule has 100 valence electrons. The number of nitrogens with zero attached hydrogens (tertiary/aromatic N) is 1. The summed E-state index contributed by atoms with van der Waals surface area (Å²) < 4.78 is 5.79. The van der Waals surface area contributed by atoms with E-state index < -0.39 is 0 Å². The van der Waals surface area contributed by atoms with E-state index in [1.807, 2.05) is 0 Å². The minimum absolute atomic E-state index is 0.191. The molecule has 0 saturated heterocycles. The zero-order valence-corrected chi connectivity index (χ0v) is 11.4. The van der Waals surface area contributed by atoms with Gasteiger partial charge < -0.3 is 4.74 Å². The van der Waals surface area contributed by atoms with Crippen molar-refractivity contribution in [2.45, 2.75) is 64.4 Å². The zero-order valence-electron chi connectivity index (χ0n) is 11.4. The van der Waals surface area contributed by atoms with Gasteiger partial charge in [-0.05, 0) is 37.5 Å². The van der Waals surface area contributed by atoms with Crippen LogP contribution in [0.3, 0.4) is 0 Å². The number of ether oxygens (including phenoxy) is 1. The number of hydrogen-bond acceptors (Lipinski definition) is 3. The van der Waals surface area contributed by atoms with Crippen molar-refractivity contribution in [2.75, 3.05) is 0 Å². The number of esters is 1. The number of carbonyl (C=O) groups is 1. The molecule has 2 aliphatic carbocycles. The summed E-state index contributed by atoms with van der Waals surface area (Å²) in [6.45, 7) is 3.60. The summed E-state index contributed by atoms with van der Waals surface area (Å²) in [4.78, 5) is 11.5. The Morgan fingerprint density at radius 2 is 2.22 bits per heavy atom. The molecule has 3 heteroatoms. The first-order chi connectivity index (χ1) is 8.62. The quantitative estimate of drug-likeness (QED) is 0.720. The molecule has 0 amide bonds. The lowest BCUT2D eigenvalue weighted by molar-refractivity contribution is -0.187. The smallest absolute Gasteiger partial charge is 0.303 e. The van der Waals surface area contributed by atoms with Gasteiger partial charge in [0.15, 0.2) is 0 Å². The van der Waals surface area contributed by atoms with Gasteiger partial charge in [0.05, 0.1) is 6.07 Å². The van der Waals surface area contributed by atoms with Gasteiger partial charge in [-0.15, -0.1) is 0 Å². The second-order valence-corrected chi connectivity index (χ2v) is 5.93. The lowest BCUT2D eigenvalue weighted by Gasteiger charge is -2.52. The maximum atomic E-state index is 11.5. The van der Waals surface area contributed by atoms with E-state index in [2.05, 4.69) is 13.0 Å². The first kappa shape index (κ1) is 13.4. The van der Waals surface area contributed by atoms with Crippen molar-refractivity contribution < 1.29 is 9.53 Å². The molecular formula is C15H23NO2. The van der Waals surface area contributed by atoms with Crippen molar-refractivity contribution in [1.29, 1.82) is 5.26 Å². The van der Waals surface area contributed by atoms with Crippen LogP contribution in [-0.2, 0) is 9.53 Å². The molecule has 2 saturated carbocycles. The van der Waals surface area contributed by atoms with E-state index in [0.717, 1.165) is 25.2 Å². The number of fused-ring (bicyclic) bond motifs is 2. The van der Waals surface area contributed by atoms with Gasteiger partial charge in [0, 0.05) is 19.3 Å². The lowest BCUT2D eigenvalue weighted by atomic mass is 9.58. The Morgan fingerprint density at radius 1 is 1.44 bits per heavy atom. The van der Waals surface area contributed by atoms with E-state index in [0.29, 0.717) is 12.3 Å². The molecule has 4 atom stereocenters. The average Bonchev–Trinajstić information content (AvgIpc) is 2.34. The molecule has 0 radical (unpaired) electrons. The average molecular weight is 249 g/mol. The highest BCUT2D eigenvalue weighted by molar-refractivity contribution is 5.66. The number of hydrogen-bond donors (Lipinski definition) is 0. The highest BCUT2D eigenvalue weighted by atomic mass is 16.6. The lowest BCUT2D eigenvalue weighted by Crippen LogP contribution is -2.53. The van der Waals surface area contributed by atoms with Crippen LogP contribution in [-0.4, -0.2) is 11.6 Å². The van der Waals surface area contributed by atoms with Crippen LogP contribution in [0.2, 0.25) is 0 Å². The van der Waals surface area contributed by atoms with Gasteiger partial charge in [0.2, 0.25) is 0 Å². The summed E-state index contributed by atoms with van der Waals surface area (Å²) in [6, 6.07) is 2.30. The Bertz CT molecular complexity index is 360. The summed E-state index contributed by atoms with van der Waals surface area (Å²) >= 11 is 0. The van der Waals surface area contributed by atoms with Crippen molar-refractivity contribution in [2.24, 2.45) is 17.8 Å². The van der Waals surface area contributed by atoms with Crippen LogP contribution in [0.4, 0.5) is 0 Å². The van der Waals surface area contributed by atoms with Gasteiger partial charge in [-0.2, -0.15) is 5.26 Å². The van der Waals surface area contributed by atoms with Crippen LogP contribution in [0.1, 0.15) is 58.8 Å². The molecule has 18 heavy (non-hydrogen) atoms. The van der Waals surface area contributed by atoms with Gasteiger partial charge in [-0.25, -0.2) is 0 Å². The molecule has 3 nitrogen and oxygen atoms in total. The standard InChI is InChI=1S/C15H23NO2/c1-3-15(18-11(2)17)13-6-4-5-12(9-13)10-14(15)7-8-16/h12-14H,3-7,9-10H2,1-2H3. The molecule has 0 aromatic carbocycles. The fourth-order valence-corrected chi connectivity index (χ4v) is 4.33. The minimum atomic E-state index is -0.363. The molecule has 2 bridgehead atoms. The SMILES string of the molecule is CCC1(OC(C)=O)C(CC#N)CC2CCCC1C2. The molecule has 0 N–H and O–H groups in total. The monoisotopic (exact) mass is 249 g/mol. The second-order valence-electron chi connectivity index (χ2n) is 5.93. The van der Waals surface area contributed by atoms with Crippen LogP contribution >= 0.6 is 0 Å². The van der Waals surface area contributed by atoms with Crippen molar-refractivity contribution in [3.05, 3.63) is 0 Å². The Kier molecular flexibility index (Phi) is 3.94. The summed E-state index contributed by atoms with van der Waals surface area (Å²) in [5, 5.41) is 9.05. The van der Waals surface area contributed by atoms with Crippen molar-refractivity contribution in [3.8, 4) is 6.07 Å². The third-order valence-electron chi connectivity index (χ3n) is 5.01. The first-order valence-corrected chi connectivity index (χ1v) is 7.19. The molecule has 0 aliphatic heterocycles. The Morgan fingerprint density at radius 3 is 2.83 bits per heavy atom. The minimum Gasteiger partial charge on any atom is -0.459 e. The van der Waals surface area contributed by atoms with Crippen LogP contribution in [0.25, 0.3) is 0 Å². The van der Waals surface area contributed by atoms with Gasteiger partial charge in [-0.1, -0.05) is 19.8 Å². The summed E-state index contributed by atoms with van der Waals surface area (Å²) in [7, 11) is 0. The van der Waals surface area contributed by atoms with E-state index in [1.165, 1.54) is 26.2 Å². The van der Waals surface area contributed by atoms with Gasteiger partial charge in [-0.3, -0.25) is 4.79 Å². The van der Waals surface area contributed by atoms with Crippen LogP contribution in [0.15, 0.2) is 0 Å². The maximum absolute atomic E-state index is 11.5. The zero-order chi connectivity index (χ0) is 13.2. The highest BCUT2D eigenvalue weighted by Gasteiger charge is 2.52. The van der Waals surface area contributed by atoms with Gasteiger partial charge in [0.1, 0.15) is 5.60 Å². The molecule has 0 spiro atoms. The predicted molar refractivity (Wildman–Crippen MR) is 68.6 cm³/mol. The van der Waals surface area contributed by atoms with E-state index >= 15 is 0 Å². The van der Waals surface area contributed by atoms with Crippen LogP contribution in [0, 0.1) is 29.1 Å². The Hall–Kier alpha value is -1.04.